The highest BCUT2D eigenvalue weighted by Crippen LogP contribution is 2.36. The van der Waals surface area contributed by atoms with Gasteiger partial charge in [0.1, 0.15) is 5.69 Å². The van der Waals surface area contributed by atoms with Crippen LogP contribution in [0.15, 0.2) is 60.8 Å². The first-order valence-electron chi connectivity index (χ1n) is 9.56. The van der Waals surface area contributed by atoms with E-state index in [0.717, 1.165) is 18.5 Å². The van der Waals surface area contributed by atoms with Crippen LogP contribution in [0.4, 0.5) is 0 Å². The van der Waals surface area contributed by atoms with Gasteiger partial charge in [-0.3, -0.25) is 4.79 Å². The van der Waals surface area contributed by atoms with Crippen LogP contribution in [0.2, 0.25) is 0 Å². The Morgan fingerprint density at radius 3 is 2.46 bits per heavy atom. The van der Waals surface area contributed by atoms with E-state index in [1.165, 1.54) is 37.9 Å². The van der Waals surface area contributed by atoms with Crippen LogP contribution in [0.1, 0.15) is 24.1 Å². The molecular weight excluding hydrogens is 348 g/mol. The number of hydrogen-bond acceptors (Lipinski definition) is 3. The average molecular weight is 368 g/mol. The number of amides is 1. The third kappa shape index (κ3) is 2.95. The van der Waals surface area contributed by atoms with Crippen LogP contribution in [0.5, 0.6) is 0 Å². The van der Waals surface area contributed by atoms with Gasteiger partial charge in [-0.1, -0.05) is 54.6 Å². The minimum absolute atomic E-state index is 0.0423. The van der Waals surface area contributed by atoms with Crippen LogP contribution in [-0.2, 0) is 17.8 Å². The third-order valence-corrected chi connectivity index (χ3v) is 5.40. The summed E-state index contributed by atoms with van der Waals surface area (Å²) < 4.78 is 0. The van der Waals surface area contributed by atoms with Crippen LogP contribution in [-0.4, -0.2) is 21.3 Å². The van der Waals surface area contributed by atoms with Crippen LogP contribution in [0.25, 0.3) is 32.3 Å². The number of benzene rings is 4. The number of aromatic nitrogens is 3. The molecule has 0 atom stereocenters. The van der Waals surface area contributed by atoms with E-state index in [-0.39, 0.29) is 5.91 Å². The Labute approximate surface area is 162 Å². The molecule has 0 saturated carbocycles. The maximum absolute atomic E-state index is 12.1. The highest BCUT2D eigenvalue weighted by molar-refractivity contribution is 6.23. The number of H-pyrrole nitrogens is 1. The smallest absolute Gasteiger partial charge is 0.220 e. The largest absolute Gasteiger partial charge is 0.350 e. The van der Waals surface area contributed by atoms with E-state index in [0.29, 0.717) is 13.0 Å². The standard InChI is InChI=1S/C23H20N4O/c28-21(24-13-19-14-25-27-26-19)6-2-3-15-7-8-18-10-9-16-4-1-5-17-11-12-20(15)23(18)22(16)17/h1,4-5,7-12,14H,2-3,6,13H2,(H,24,28)(H,25,26,27). The van der Waals surface area contributed by atoms with Crippen molar-refractivity contribution in [1.82, 2.24) is 20.7 Å². The van der Waals surface area contributed by atoms with E-state index in [1.807, 2.05) is 0 Å². The Morgan fingerprint density at radius 2 is 1.68 bits per heavy atom. The summed E-state index contributed by atoms with van der Waals surface area (Å²) in [6.07, 6.45) is 3.81. The summed E-state index contributed by atoms with van der Waals surface area (Å²) in [5.41, 5.74) is 2.04. The van der Waals surface area contributed by atoms with Gasteiger partial charge in [-0.25, -0.2) is 0 Å². The zero-order chi connectivity index (χ0) is 18.9. The molecule has 5 rings (SSSR count). The molecule has 2 N–H and O–H groups in total. The van der Waals surface area contributed by atoms with Crippen molar-refractivity contribution < 1.29 is 4.79 Å². The first-order valence-corrected chi connectivity index (χ1v) is 9.56. The van der Waals surface area contributed by atoms with Gasteiger partial charge in [0.25, 0.3) is 0 Å². The van der Waals surface area contributed by atoms with E-state index >= 15 is 0 Å². The van der Waals surface area contributed by atoms with Crippen molar-refractivity contribution >= 4 is 38.2 Å². The molecule has 5 nitrogen and oxygen atoms in total. The van der Waals surface area contributed by atoms with Crippen molar-refractivity contribution in [3.63, 3.8) is 0 Å². The first kappa shape index (κ1) is 16.7. The third-order valence-electron chi connectivity index (χ3n) is 5.40. The fraction of sp³-hybridized carbons (Fsp3) is 0.174. The molecule has 0 radical (unpaired) electrons. The topological polar surface area (TPSA) is 70.7 Å². The molecule has 0 unspecified atom stereocenters. The van der Waals surface area contributed by atoms with Crippen LogP contribution < -0.4 is 5.32 Å². The Balaban J connectivity index is 1.35. The molecule has 1 aromatic heterocycles. The molecular formula is C23H20N4O. The molecule has 5 aromatic rings. The molecule has 0 aliphatic carbocycles. The van der Waals surface area contributed by atoms with Crippen LogP contribution in [0, 0.1) is 0 Å². The zero-order valence-corrected chi connectivity index (χ0v) is 15.4. The Bertz CT molecular complexity index is 1240. The summed E-state index contributed by atoms with van der Waals surface area (Å²) in [7, 11) is 0. The molecule has 1 heterocycles. The summed E-state index contributed by atoms with van der Waals surface area (Å²) in [4.78, 5) is 12.1. The SMILES string of the molecule is O=C(CCCc1ccc2ccc3cccc4ccc1c2c34)NCc1cn[nH]n1. The summed E-state index contributed by atoms with van der Waals surface area (Å²) in [5.74, 6) is 0.0423. The second-order valence-electron chi connectivity index (χ2n) is 7.17. The lowest BCUT2D eigenvalue weighted by Gasteiger charge is -2.14. The lowest BCUT2D eigenvalue weighted by Crippen LogP contribution is -2.22. The number of carbonyl (C=O) groups is 1. The van der Waals surface area contributed by atoms with Gasteiger partial charge in [0, 0.05) is 6.42 Å². The molecule has 0 fully saturated rings. The number of aryl methyl sites for hydroxylation is 1. The van der Waals surface area contributed by atoms with Crippen molar-refractivity contribution in [1.29, 1.82) is 0 Å². The van der Waals surface area contributed by atoms with Crippen molar-refractivity contribution in [3.05, 3.63) is 72.1 Å². The second-order valence-corrected chi connectivity index (χ2v) is 7.17. The van der Waals surface area contributed by atoms with E-state index in [9.17, 15) is 4.79 Å². The quantitative estimate of drug-likeness (QED) is 0.438. The molecule has 5 heteroatoms. The zero-order valence-electron chi connectivity index (χ0n) is 15.4. The summed E-state index contributed by atoms with van der Waals surface area (Å²) >= 11 is 0. The van der Waals surface area contributed by atoms with Gasteiger partial charge in [0.15, 0.2) is 0 Å². The summed E-state index contributed by atoms with van der Waals surface area (Å²) in [6, 6.07) is 19.7. The van der Waals surface area contributed by atoms with Crippen LogP contribution in [0.3, 0.4) is 0 Å². The van der Waals surface area contributed by atoms with Gasteiger partial charge in [-0.15, -0.1) is 0 Å². The Kier molecular flexibility index (Phi) is 4.13. The molecule has 0 spiro atoms. The first-order chi connectivity index (χ1) is 13.8. The van der Waals surface area contributed by atoms with E-state index in [4.69, 9.17) is 0 Å². The molecule has 138 valence electrons. The molecule has 0 aliphatic heterocycles. The maximum Gasteiger partial charge on any atom is 0.220 e. The van der Waals surface area contributed by atoms with Crippen molar-refractivity contribution in [2.75, 3.05) is 0 Å². The number of hydrogen-bond donors (Lipinski definition) is 2. The predicted octanol–water partition coefficient (Wildman–Crippen LogP) is 4.34. The molecule has 28 heavy (non-hydrogen) atoms. The number of nitrogens with one attached hydrogen (secondary N) is 2. The molecule has 0 bridgehead atoms. The fourth-order valence-corrected chi connectivity index (χ4v) is 4.04. The van der Waals surface area contributed by atoms with E-state index in [1.54, 1.807) is 6.20 Å². The van der Waals surface area contributed by atoms with Crippen LogP contribution >= 0.6 is 0 Å². The highest BCUT2D eigenvalue weighted by Gasteiger charge is 2.11. The normalized spacial score (nSPS) is 11.6. The van der Waals surface area contributed by atoms with Gasteiger partial charge in [-0.05, 0) is 50.7 Å². The monoisotopic (exact) mass is 368 g/mol. The van der Waals surface area contributed by atoms with E-state index in [2.05, 4.69) is 75.3 Å². The Morgan fingerprint density at radius 1 is 0.929 bits per heavy atom. The minimum atomic E-state index is 0.0423. The fourth-order valence-electron chi connectivity index (χ4n) is 4.04. The number of carbonyl (C=O) groups excluding carboxylic acids is 1. The average Bonchev–Trinajstić information content (AvgIpc) is 3.25. The minimum Gasteiger partial charge on any atom is -0.350 e. The predicted molar refractivity (Wildman–Crippen MR) is 111 cm³/mol. The Hall–Kier alpha value is -3.47. The second kappa shape index (κ2) is 6.93. The number of nitrogens with zero attached hydrogens (tertiary/aromatic N) is 2. The van der Waals surface area contributed by atoms with Gasteiger partial charge in [-0.2, -0.15) is 15.4 Å². The van der Waals surface area contributed by atoms with Crippen molar-refractivity contribution in [2.24, 2.45) is 0 Å². The van der Waals surface area contributed by atoms with Gasteiger partial charge in [0.2, 0.25) is 5.91 Å². The lowest BCUT2D eigenvalue weighted by atomic mass is 9.90. The van der Waals surface area contributed by atoms with Crippen molar-refractivity contribution in [2.45, 2.75) is 25.8 Å². The molecule has 0 aliphatic rings. The number of rotatable bonds is 6. The van der Waals surface area contributed by atoms with Gasteiger partial charge in [0.05, 0.1) is 12.7 Å². The molecule has 4 aromatic carbocycles. The maximum atomic E-state index is 12.1. The molecule has 0 saturated heterocycles. The molecule has 1 amide bonds. The summed E-state index contributed by atoms with van der Waals surface area (Å²) in [6.45, 7) is 0.411. The van der Waals surface area contributed by atoms with Gasteiger partial charge >= 0.3 is 0 Å². The highest BCUT2D eigenvalue weighted by atomic mass is 16.1. The lowest BCUT2D eigenvalue weighted by molar-refractivity contribution is -0.121. The number of aromatic amines is 1. The van der Waals surface area contributed by atoms with Crippen molar-refractivity contribution in [3.8, 4) is 0 Å². The summed E-state index contributed by atoms with van der Waals surface area (Å²) in [5, 5.41) is 20.9. The van der Waals surface area contributed by atoms with E-state index < -0.39 is 0 Å². The van der Waals surface area contributed by atoms with Gasteiger partial charge < -0.3 is 5.32 Å².